The van der Waals surface area contributed by atoms with Crippen molar-refractivity contribution in [3.05, 3.63) is 35.4 Å². The van der Waals surface area contributed by atoms with Crippen LogP contribution in [-0.4, -0.2) is 64.3 Å². The summed E-state index contributed by atoms with van der Waals surface area (Å²) in [5.41, 5.74) is 1.31. The SMILES string of the molecule is O=C(O)c1cccc(CN2C[C@H](O)[C@@H](N3CCCC3)C2)c1. The van der Waals surface area contributed by atoms with Gasteiger partial charge in [0.15, 0.2) is 0 Å². The molecule has 0 aromatic heterocycles. The molecule has 3 rings (SSSR count). The van der Waals surface area contributed by atoms with Gasteiger partial charge in [0.1, 0.15) is 0 Å². The average molecular weight is 290 g/mol. The Morgan fingerprint density at radius 3 is 2.71 bits per heavy atom. The number of carboxylic acids is 1. The van der Waals surface area contributed by atoms with Gasteiger partial charge in [0.25, 0.3) is 0 Å². The van der Waals surface area contributed by atoms with E-state index in [9.17, 15) is 9.90 Å². The molecule has 0 amide bonds. The van der Waals surface area contributed by atoms with Crippen molar-refractivity contribution >= 4 is 5.97 Å². The van der Waals surface area contributed by atoms with E-state index >= 15 is 0 Å². The number of carboxylic acid groups (broad SMARTS) is 1. The standard InChI is InChI=1S/C16H22N2O3/c19-15-11-17(10-14(15)18-6-1-2-7-18)9-12-4-3-5-13(8-12)16(20)21/h3-5,8,14-15,19H,1-2,6-7,9-11H2,(H,20,21)/t14-,15-/m0/s1. The van der Waals surface area contributed by atoms with Gasteiger partial charge in [-0.1, -0.05) is 12.1 Å². The Balaban J connectivity index is 1.63. The van der Waals surface area contributed by atoms with Gasteiger partial charge < -0.3 is 10.2 Å². The zero-order valence-electron chi connectivity index (χ0n) is 12.1. The quantitative estimate of drug-likeness (QED) is 0.867. The molecular formula is C16H22N2O3. The second-order valence-electron chi connectivity index (χ2n) is 6.08. The highest BCUT2D eigenvalue weighted by Gasteiger charge is 2.36. The van der Waals surface area contributed by atoms with Crippen molar-refractivity contribution in [2.45, 2.75) is 31.5 Å². The maximum Gasteiger partial charge on any atom is 0.335 e. The van der Waals surface area contributed by atoms with Gasteiger partial charge in [-0.3, -0.25) is 9.80 Å². The van der Waals surface area contributed by atoms with E-state index < -0.39 is 5.97 Å². The first-order valence-corrected chi connectivity index (χ1v) is 7.60. The molecule has 5 heteroatoms. The summed E-state index contributed by atoms with van der Waals surface area (Å²) >= 11 is 0. The zero-order chi connectivity index (χ0) is 14.8. The number of likely N-dealkylation sites (tertiary alicyclic amines) is 2. The third-order valence-corrected chi connectivity index (χ3v) is 4.52. The van der Waals surface area contributed by atoms with Gasteiger partial charge >= 0.3 is 5.97 Å². The molecule has 0 saturated carbocycles. The van der Waals surface area contributed by atoms with Gasteiger partial charge in [0.2, 0.25) is 0 Å². The molecule has 114 valence electrons. The third kappa shape index (κ3) is 3.26. The molecule has 2 atom stereocenters. The van der Waals surface area contributed by atoms with E-state index in [-0.39, 0.29) is 12.1 Å². The van der Waals surface area contributed by atoms with Crippen LogP contribution in [0.4, 0.5) is 0 Å². The summed E-state index contributed by atoms with van der Waals surface area (Å²) in [5.74, 6) is -0.895. The Kier molecular flexibility index (Phi) is 4.24. The topological polar surface area (TPSA) is 64.0 Å². The number of aliphatic hydroxyl groups excluding tert-OH is 1. The van der Waals surface area contributed by atoms with Crippen molar-refractivity contribution in [2.75, 3.05) is 26.2 Å². The lowest BCUT2D eigenvalue weighted by Crippen LogP contribution is -2.41. The molecule has 21 heavy (non-hydrogen) atoms. The Morgan fingerprint density at radius 1 is 1.24 bits per heavy atom. The van der Waals surface area contributed by atoms with Crippen molar-refractivity contribution in [1.29, 1.82) is 0 Å². The van der Waals surface area contributed by atoms with Crippen molar-refractivity contribution in [1.82, 2.24) is 9.80 Å². The number of hydrogen-bond acceptors (Lipinski definition) is 4. The van der Waals surface area contributed by atoms with Crippen LogP contribution < -0.4 is 0 Å². The summed E-state index contributed by atoms with van der Waals surface area (Å²) in [4.78, 5) is 15.6. The Bertz CT molecular complexity index is 514. The number of aromatic carboxylic acids is 1. The lowest BCUT2D eigenvalue weighted by atomic mass is 10.1. The summed E-state index contributed by atoms with van der Waals surface area (Å²) < 4.78 is 0. The van der Waals surface area contributed by atoms with Crippen LogP contribution in [0.3, 0.4) is 0 Å². The van der Waals surface area contributed by atoms with Gasteiger partial charge in [0, 0.05) is 25.7 Å². The van der Waals surface area contributed by atoms with Crippen LogP contribution in [0.25, 0.3) is 0 Å². The van der Waals surface area contributed by atoms with Crippen LogP contribution in [0, 0.1) is 0 Å². The van der Waals surface area contributed by atoms with Crippen LogP contribution >= 0.6 is 0 Å². The van der Waals surface area contributed by atoms with Gasteiger partial charge in [-0.05, 0) is 43.6 Å². The molecule has 2 aliphatic heterocycles. The Morgan fingerprint density at radius 2 is 2.00 bits per heavy atom. The number of carbonyl (C=O) groups is 1. The molecule has 5 nitrogen and oxygen atoms in total. The summed E-state index contributed by atoms with van der Waals surface area (Å²) in [7, 11) is 0. The fraction of sp³-hybridized carbons (Fsp3) is 0.562. The summed E-state index contributed by atoms with van der Waals surface area (Å²) in [6.07, 6.45) is 2.15. The zero-order valence-corrected chi connectivity index (χ0v) is 12.1. The minimum atomic E-state index is -0.895. The van der Waals surface area contributed by atoms with Crippen molar-refractivity contribution in [2.24, 2.45) is 0 Å². The normalized spacial score (nSPS) is 27.3. The van der Waals surface area contributed by atoms with Gasteiger partial charge in [-0.2, -0.15) is 0 Å². The number of rotatable bonds is 4. The second-order valence-corrected chi connectivity index (χ2v) is 6.08. The first kappa shape index (κ1) is 14.5. The number of β-amino-alcohol motifs (C(OH)–C–C–N with tert-alkyl or cyclic N) is 1. The molecule has 2 aliphatic rings. The molecule has 0 spiro atoms. The first-order valence-electron chi connectivity index (χ1n) is 7.60. The molecule has 0 bridgehead atoms. The highest BCUT2D eigenvalue weighted by Crippen LogP contribution is 2.22. The van der Waals surface area contributed by atoms with Gasteiger partial charge in [-0.25, -0.2) is 4.79 Å². The number of benzene rings is 1. The third-order valence-electron chi connectivity index (χ3n) is 4.52. The maximum absolute atomic E-state index is 11.0. The largest absolute Gasteiger partial charge is 0.478 e. The molecule has 2 N–H and O–H groups in total. The molecule has 0 unspecified atom stereocenters. The fourth-order valence-corrected chi connectivity index (χ4v) is 3.47. The lowest BCUT2D eigenvalue weighted by molar-refractivity contribution is 0.0696. The van der Waals surface area contributed by atoms with E-state index in [0.717, 1.165) is 25.2 Å². The molecular weight excluding hydrogens is 268 g/mol. The van der Waals surface area contributed by atoms with Crippen LogP contribution in [0.1, 0.15) is 28.8 Å². The predicted molar refractivity (Wildman–Crippen MR) is 79.3 cm³/mol. The van der Waals surface area contributed by atoms with E-state index in [2.05, 4.69) is 9.80 Å². The van der Waals surface area contributed by atoms with E-state index in [1.807, 2.05) is 6.07 Å². The predicted octanol–water partition coefficient (Wildman–Crippen LogP) is 1.03. The van der Waals surface area contributed by atoms with E-state index in [1.165, 1.54) is 12.8 Å². The van der Waals surface area contributed by atoms with E-state index in [1.54, 1.807) is 18.2 Å². The van der Waals surface area contributed by atoms with Gasteiger partial charge in [0.05, 0.1) is 11.7 Å². The van der Waals surface area contributed by atoms with E-state index in [4.69, 9.17) is 5.11 Å². The Labute approximate surface area is 124 Å². The van der Waals surface area contributed by atoms with Crippen molar-refractivity contribution in [3.63, 3.8) is 0 Å². The highest BCUT2D eigenvalue weighted by atomic mass is 16.4. The monoisotopic (exact) mass is 290 g/mol. The highest BCUT2D eigenvalue weighted by molar-refractivity contribution is 5.87. The minimum Gasteiger partial charge on any atom is -0.478 e. The second kappa shape index (κ2) is 6.13. The summed E-state index contributed by atoms with van der Waals surface area (Å²) in [6, 6.07) is 7.29. The molecule has 1 aromatic carbocycles. The number of aliphatic hydroxyl groups is 1. The van der Waals surface area contributed by atoms with Crippen molar-refractivity contribution < 1.29 is 15.0 Å². The lowest BCUT2D eigenvalue weighted by Gasteiger charge is -2.25. The van der Waals surface area contributed by atoms with Gasteiger partial charge in [-0.15, -0.1) is 0 Å². The molecule has 2 fully saturated rings. The number of hydrogen-bond donors (Lipinski definition) is 2. The molecule has 2 heterocycles. The van der Waals surface area contributed by atoms with Crippen LogP contribution in [0.5, 0.6) is 0 Å². The first-order chi connectivity index (χ1) is 10.1. The van der Waals surface area contributed by atoms with Crippen LogP contribution in [0.15, 0.2) is 24.3 Å². The molecule has 2 saturated heterocycles. The average Bonchev–Trinajstić information content (AvgIpc) is 3.08. The smallest absolute Gasteiger partial charge is 0.335 e. The van der Waals surface area contributed by atoms with Crippen molar-refractivity contribution in [3.8, 4) is 0 Å². The summed E-state index contributed by atoms with van der Waals surface area (Å²) in [6.45, 7) is 4.40. The maximum atomic E-state index is 11.0. The molecule has 1 aromatic rings. The van der Waals surface area contributed by atoms with Crippen LogP contribution in [-0.2, 0) is 6.54 Å². The molecule has 0 radical (unpaired) electrons. The van der Waals surface area contributed by atoms with Crippen LogP contribution in [0.2, 0.25) is 0 Å². The molecule has 0 aliphatic carbocycles. The summed E-state index contributed by atoms with van der Waals surface area (Å²) in [5, 5.41) is 19.3. The number of nitrogens with zero attached hydrogens (tertiary/aromatic N) is 2. The fourth-order valence-electron chi connectivity index (χ4n) is 3.47. The van der Waals surface area contributed by atoms with E-state index in [0.29, 0.717) is 18.7 Å². The Hall–Kier alpha value is -1.43. The minimum absolute atomic E-state index is 0.232.